The van der Waals surface area contributed by atoms with E-state index in [0.29, 0.717) is 19.5 Å². The third-order valence-corrected chi connectivity index (χ3v) is 5.71. The summed E-state index contributed by atoms with van der Waals surface area (Å²) in [5.41, 5.74) is 5.42. The summed E-state index contributed by atoms with van der Waals surface area (Å²) >= 11 is 0. The number of nitrogens with two attached hydrogens (primary N) is 1. The van der Waals surface area contributed by atoms with Crippen molar-refractivity contribution in [2.45, 2.75) is 44.6 Å². The molecule has 19 heavy (non-hydrogen) atoms. The first-order chi connectivity index (χ1) is 9.04. The molecule has 114 valence electrons. The lowest BCUT2D eigenvalue weighted by Crippen LogP contribution is -2.49. The summed E-state index contributed by atoms with van der Waals surface area (Å²) in [5, 5.41) is 9.14. The maximum Gasteiger partial charge on any atom is 0.282 e. The Morgan fingerprint density at radius 2 is 1.84 bits per heavy atom. The Kier molecular flexibility index (Phi) is 7.23. The minimum absolute atomic E-state index is 0.0335. The third-order valence-electron chi connectivity index (χ3n) is 3.67. The third kappa shape index (κ3) is 4.68. The lowest BCUT2D eigenvalue weighted by Gasteiger charge is -2.35. The predicted octanol–water partition coefficient (Wildman–Crippen LogP) is 0.139. The van der Waals surface area contributed by atoms with Crippen molar-refractivity contribution in [3.05, 3.63) is 0 Å². The normalized spacial score (nSPS) is 18.4. The van der Waals surface area contributed by atoms with Crippen molar-refractivity contribution in [3.63, 3.8) is 0 Å². The van der Waals surface area contributed by atoms with E-state index in [2.05, 4.69) is 0 Å². The van der Waals surface area contributed by atoms with Crippen LogP contribution in [-0.4, -0.2) is 61.5 Å². The fraction of sp³-hybridized carbons (Fsp3) is 1.00. The van der Waals surface area contributed by atoms with Crippen LogP contribution in [0.5, 0.6) is 0 Å². The summed E-state index contributed by atoms with van der Waals surface area (Å²) in [4.78, 5) is 0. The van der Waals surface area contributed by atoms with E-state index in [1.807, 2.05) is 0 Å². The molecule has 0 atom stereocenters. The van der Waals surface area contributed by atoms with Gasteiger partial charge in [0.1, 0.15) is 0 Å². The first-order valence-corrected chi connectivity index (χ1v) is 8.47. The van der Waals surface area contributed by atoms with E-state index in [0.717, 1.165) is 25.7 Å². The Morgan fingerprint density at radius 3 is 2.37 bits per heavy atom. The minimum Gasteiger partial charge on any atom is -0.395 e. The molecule has 0 radical (unpaired) electrons. The highest BCUT2D eigenvalue weighted by molar-refractivity contribution is 7.86. The molecule has 0 aliphatic heterocycles. The Labute approximate surface area is 116 Å². The largest absolute Gasteiger partial charge is 0.395 e. The standard InChI is InChI=1S/C12H27N3O3S/c1-14(9-5-8-13)19(17,18)15(10-11-16)12-6-3-2-4-7-12/h12,16H,2-11,13H2,1H3. The zero-order valence-corrected chi connectivity index (χ0v) is 12.6. The molecule has 1 fully saturated rings. The molecular weight excluding hydrogens is 266 g/mol. The lowest BCUT2D eigenvalue weighted by atomic mass is 9.95. The number of hydrogen-bond donors (Lipinski definition) is 2. The molecule has 0 spiro atoms. The number of rotatable bonds is 8. The molecule has 0 aromatic heterocycles. The Morgan fingerprint density at radius 1 is 1.21 bits per heavy atom. The van der Waals surface area contributed by atoms with Crippen molar-refractivity contribution in [1.29, 1.82) is 0 Å². The van der Waals surface area contributed by atoms with Crippen LogP contribution in [0.3, 0.4) is 0 Å². The number of aliphatic hydroxyl groups excluding tert-OH is 1. The van der Waals surface area contributed by atoms with E-state index in [9.17, 15) is 8.42 Å². The quantitative estimate of drug-likeness (QED) is 0.666. The maximum absolute atomic E-state index is 12.5. The monoisotopic (exact) mass is 293 g/mol. The highest BCUT2D eigenvalue weighted by atomic mass is 32.2. The van der Waals surface area contributed by atoms with Gasteiger partial charge in [-0.25, -0.2) is 0 Å². The topological polar surface area (TPSA) is 86.9 Å². The summed E-state index contributed by atoms with van der Waals surface area (Å²) in [5.74, 6) is 0. The molecule has 1 aliphatic rings. The molecule has 0 saturated heterocycles. The van der Waals surface area contributed by atoms with Crippen molar-refractivity contribution < 1.29 is 13.5 Å². The van der Waals surface area contributed by atoms with Crippen LogP contribution in [0, 0.1) is 0 Å². The van der Waals surface area contributed by atoms with Gasteiger partial charge in [0.15, 0.2) is 0 Å². The molecule has 6 nitrogen and oxygen atoms in total. The van der Waals surface area contributed by atoms with E-state index < -0.39 is 10.2 Å². The average Bonchev–Trinajstić information content (AvgIpc) is 2.42. The van der Waals surface area contributed by atoms with Crippen molar-refractivity contribution in [3.8, 4) is 0 Å². The lowest BCUT2D eigenvalue weighted by molar-refractivity contribution is 0.191. The van der Waals surface area contributed by atoms with Crippen molar-refractivity contribution >= 4 is 10.2 Å². The molecular formula is C12H27N3O3S. The first kappa shape index (κ1) is 16.8. The van der Waals surface area contributed by atoms with Crippen LogP contribution < -0.4 is 5.73 Å². The SMILES string of the molecule is CN(CCCN)S(=O)(=O)N(CCO)C1CCCCC1. The second-order valence-electron chi connectivity index (χ2n) is 5.10. The highest BCUT2D eigenvalue weighted by Crippen LogP contribution is 2.25. The summed E-state index contributed by atoms with van der Waals surface area (Å²) in [6.45, 7) is 0.942. The molecule has 0 unspecified atom stereocenters. The van der Waals surface area contributed by atoms with Gasteiger partial charge in [-0.15, -0.1) is 0 Å². The van der Waals surface area contributed by atoms with Crippen LogP contribution in [0.4, 0.5) is 0 Å². The molecule has 1 aliphatic carbocycles. The molecule has 0 bridgehead atoms. The zero-order chi connectivity index (χ0) is 14.3. The summed E-state index contributed by atoms with van der Waals surface area (Å²) < 4.78 is 27.9. The van der Waals surface area contributed by atoms with E-state index in [1.165, 1.54) is 15.0 Å². The summed E-state index contributed by atoms with van der Waals surface area (Å²) in [6, 6.07) is 0.0335. The van der Waals surface area contributed by atoms with E-state index in [4.69, 9.17) is 10.8 Å². The highest BCUT2D eigenvalue weighted by Gasteiger charge is 2.33. The van der Waals surface area contributed by atoms with Gasteiger partial charge in [0.05, 0.1) is 6.61 Å². The van der Waals surface area contributed by atoms with Crippen LogP contribution in [0.2, 0.25) is 0 Å². The molecule has 3 N–H and O–H groups in total. The second kappa shape index (κ2) is 8.16. The number of nitrogens with zero attached hydrogens (tertiary/aromatic N) is 2. The second-order valence-corrected chi connectivity index (χ2v) is 7.09. The summed E-state index contributed by atoms with van der Waals surface area (Å²) in [7, 11) is -1.90. The Balaban J connectivity index is 2.77. The molecule has 1 rings (SSSR count). The van der Waals surface area contributed by atoms with Gasteiger partial charge in [0.25, 0.3) is 10.2 Å². The average molecular weight is 293 g/mol. The fourth-order valence-electron chi connectivity index (χ4n) is 2.56. The zero-order valence-electron chi connectivity index (χ0n) is 11.8. The maximum atomic E-state index is 12.5. The van der Waals surface area contributed by atoms with Gasteiger partial charge in [0, 0.05) is 26.2 Å². The van der Waals surface area contributed by atoms with E-state index in [1.54, 1.807) is 7.05 Å². The minimum atomic E-state index is -3.48. The van der Waals surface area contributed by atoms with E-state index >= 15 is 0 Å². The molecule has 0 aromatic rings. The fourth-order valence-corrected chi connectivity index (χ4v) is 4.18. The molecule has 0 heterocycles. The number of hydrogen-bond acceptors (Lipinski definition) is 4. The van der Waals surface area contributed by atoms with Gasteiger partial charge >= 0.3 is 0 Å². The predicted molar refractivity (Wildman–Crippen MR) is 75.9 cm³/mol. The molecule has 0 aromatic carbocycles. The van der Waals surface area contributed by atoms with Gasteiger partial charge in [0.2, 0.25) is 0 Å². The van der Waals surface area contributed by atoms with Crippen LogP contribution in [0.15, 0.2) is 0 Å². The van der Waals surface area contributed by atoms with Gasteiger partial charge < -0.3 is 10.8 Å². The smallest absolute Gasteiger partial charge is 0.282 e. The van der Waals surface area contributed by atoms with Crippen molar-refractivity contribution in [2.24, 2.45) is 5.73 Å². The van der Waals surface area contributed by atoms with Crippen LogP contribution >= 0.6 is 0 Å². The first-order valence-electron chi connectivity index (χ1n) is 7.08. The number of aliphatic hydroxyl groups is 1. The van der Waals surface area contributed by atoms with Crippen molar-refractivity contribution in [1.82, 2.24) is 8.61 Å². The van der Waals surface area contributed by atoms with Gasteiger partial charge in [-0.05, 0) is 25.8 Å². The molecule has 1 saturated carbocycles. The van der Waals surface area contributed by atoms with Crippen LogP contribution in [0.1, 0.15) is 38.5 Å². The van der Waals surface area contributed by atoms with Crippen LogP contribution in [0.25, 0.3) is 0 Å². The van der Waals surface area contributed by atoms with E-state index in [-0.39, 0.29) is 19.2 Å². The molecule has 0 amide bonds. The van der Waals surface area contributed by atoms with Gasteiger partial charge in [-0.1, -0.05) is 19.3 Å². The molecule has 7 heteroatoms. The van der Waals surface area contributed by atoms with Crippen LogP contribution in [-0.2, 0) is 10.2 Å². The summed E-state index contributed by atoms with van der Waals surface area (Å²) in [6.07, 6.45) is 5.73. The van der Waals surface area contributed by atoms with Crippen molar-refractivity contribution in [2.75, 3.05) is 33.3 Å². The Bertz CT molecular complexity index is 342. The van der Waals surface area contributed by atoms with Gasteiger partial charge in [-0.2, -0.15) is 17.0 Å². The van der Waals surface area contributed by atoms with Gasteiger partial charge in [-0.3, -0.25) is 0 Å². The Hall–Kier alpha value is -0.210.